The van der Waals surface area contributed by atoms with Gasteiger partial charge >= 0.3 is 0 Å². The molecule has 2 radical (unpaired) electrons. The first-order valence-electron chi connectivity index (χ1n) is 8.61. The van der Waals surface area contributed by atoms with Crippen LogP contribution in [-0.2, 0) is 11.0 Å². The Balaban J connectivity index is 2.21. The summed E-state index contributed by atoms with van der Waals surface area (Å²) >= 11 is 0. The molecule has 0 N–H and O–H groups in total. The van der Waals surface area contributed by atoms with E-state index in [1.54, 1.807) is 0 Å². The molecule has 0 atom stereocenters. The molecule has 0 fully saturated rings. The van der Waals surface area contributed by atoms with Crippen molar-refractivity contribution in [2.24, 2.45) is 0 Å². The molecule has 2 rings (SSSR count). The maximum Gasteiger partial charge on any atom is 0.192 e. The summed E-state index contributed by atoms with van der Waals surface area (Å²) in [5.74, 6) is 0. The van der Waals surface area contributed by atoms with Gasteiger partial charge in [-0.2, -0.15) is 0 Å². The summed E-state index contributed by atoms with van der Waals surface area (Å²) in [6.07, 6.45) is 0. The standard InChI is InChI=1S/C21H29BOSi/c1-15-12-17(20-11-10-19(22)13-16(20)2)8-9-18(15)14-23-24(6,7)21(3,4)5/h8-13H,14H2,1-7H3. The summed E-state index contributed by atoms with van der Waals surface area (Å²) in [6.45, 7) is 16.4. The molecule has 0 aliphatic heterocycles. The Morgan fingerprint density at radius 3 is 2.17 bits per heavy atom. The van der Waals surface area contributed by atoms with Crippen LogP contribution in [0.5, 0.6) is 0 Å². The van der Waals surface area contributed by atoms with Crippen LogP contribution in [-0.4, -0.2) is 16.2 Å². The highest BCUT2D eigenvalue weighted by Gasteiger charge is 2.37. The van der Waals surface area contributed by atoms with Gasteiger partial charge in [0.2, 0.25) is 0 Å². The van der Waals surface area contributed by atoms with E-state index >= 15 is 0 Å². The molecule has 0 aliphatic rings. The molecule has 0 amide bonds. The molecule has 3 heteroatoms. The van der Waals surface area contributed by atoms with Crippen LogP contribution in [0.25, 0.3) is 11.1 Å². The summed E-state index contributed by atoms with van der Waals surface area (Å²) in [5.41, 5.74) is 7.05. The molecule has 2 aromatic carbocycles. The third-order valence-corrected chi connectivity index (χ3v) is 9.78. The molecular weight excluding hydrogens is 307 g/mol. The molecule has 0 bridgehead atoms. The van der Waals surface area contributed by atoms with Gasteiger partial charge in [-0.15, -0.1) is 0 Å². The Morgan fingerprint density at radius 2 is 1.62 bits per heavy atom. The van der Waals surface area contributed by atoms with Gasteiger partial charge in [0.25, 0.3) is 0 Å². The minimum Gasteiger partial charge on any atom is -0.413 e. The van der Waals surface area contributed by atoms with Gasteiger partial charge in [-0.3, -0.25) is 0 Å². The lowest BCUT2D eigenvalue weighted by atomic mass is 9.89. The van der Waals surface area contributed by atoms with Crippen molar-refractivity contribution < 1.29 is 4.43 Å². The summed E-state index contributed by atoms with van der Waals surface area (Å²) in [7, 11) is 4.14. The molecule has 0 aliphatic carbocycles. The normalized spacial score (nSPS) is 12.5. The van der Waals surface area contributed by atoms with E-state index in [1.165, 1.54) is 27.8 Å². The number of aryl methyl sites for hydroxylation is 2. The lowest BCUT2D eigenvalue weighted by Gasteiger charge is -2.36. The van der Waals surface area contributed by atoms with Crippen molar-refractivity contribution in [1.82, 2.24) is 0 Å². The van der Waals surface area contributed by atoms with Crippen LogP contribution in [0.15, 0.2) is 36.4 Å². The van der Waals surface area contributed by atoms with Gasteiger partial charge in [0.15, 0.2) is 8.32 Å². The molecule has 126 valence electrons. The van der Waals surface area contributed by atoms with Crippen molar-refractivity contribution in [1.29, 1.82) is 0 Å². The quantitative estimate of drug-likeness (QED) is 0.690. The number of benzene rings is 2. The zero-order chi connectivity index (χ0) is 18.1. The Bertz CT molecular complexity index is 729. The van der Waals surface area contributed by atoms with E-state index in [-0.39, 0.29) is 5.04 Å². The topological polar surface area (TPSA) is 9.23 Å². The van der Waals surface area contributed by atoms with Crippen LogP contribution >= 0.6 is 0 Å². The van der Waals surface area contributed by atoms with Crippen molar-refractivity contribution in [2.45, 2.75) is 59.4 Å². The van der Waals surface area contributed by atoms with E-state index in [9.17, 15) is 0 Å². The predicted molar refractivity (Wildman–Crippen MR) is 109 cm³/mol. The summed E-state index contributed by atoms with van der Waals surface area (Å²) in [4.78, 5) is 0. The second-order valence-corrected chi connectivity index (χ2v) is 13.1. The third-order valence-electron chi connectivity index (χ3n) is 5.30. The van der Waals surface area contributed by atoms with Crippen molar-refractivity contribution in [3.8, 4) is 11.1 Å². The van der Waals surface area contributed by atoms with Gasteiger partial charge < -0.3 is 4.43 Å². The fourth-order valence-corrected chi connectivity index (χ4v) is 3.46. The fourth-order valence-electron chi connectivity index (χ4n) is 2.51. The van der Waals surface area contributed by atoms with Gasteiger partial charge in [-0.1, -0.05) is 62.6 Å². The first kappa shape index (κ1) is 19.0. The highest BCUT2D eigenvalue weighted by molar-refractivity contribution is 6.74. The molecule has 0 heterocycles. The van der Waals surface area contributed by atoms with Crippen molar-refractivity contribution in [3.63, 3.8) is 0 Å². The van der Waals surface area contributed by atoms with Crippen LogP contribution in [0.2, 0.25) is 18.1 Å². The molecule has 0 aromatic heterocycles. The van der Waals surface area contributed by atoms with Crippen LogP contribution in [0, 0.1) is 13.8 Å². The average Bonchev–Trinajstić information content (AvgIpc) is 2.44. The van der Waals surface area contributed by atoms with Crippen molar-refractivity contribution in [3.05, 3.63) is 53.1 Å². The van der Waals surface area contributed by atoms with E-state index in [1.807, 2.05) is 12.1 Å². The van der Waals surface area contributed by atoms with Gasteiger partial charge in [-0.05, 0) is 59.8 Å². The number of hydrogen-bond donors (Lipinski definition) is 0. The van der Waals surface area contributed by atoms with Gasteiger partial charge in [0.1, 0.15) is 7.85 Å². The second kappa shape index (κ2) is 6.89. The summed E-state index contributed by atoms with van der Waals surface area (Å²) in [5, 5.41) is 0.238. The molecule has 2 aromatic rings. The van der Waals surface area contributed by atoms with Crippen LogP contribution in [0.4, 0.5) is 0 Å². The molecule has 1 nitrogen and oxygen atoms in total. The van der Waals surface area contributed by atoms with E-state index in [4.69, 9.17) is 12.3 Å². The second-order valence-electron chi connectivity index (χ2n) is 8.26. The average molecular weight is 336 g/mol. The highest BCUT2D eigenvalue weighted by Crippen LogP contribution is 2.37. The van der Waals surface area contributed by atoms with Gasteiger partial charge in [-0.25, -0.2) is 0 Å². The summed E-state index contributed by atoms with van der Waals surface area (Å²) < 4.78 is 6.37. The largest absolute Gasteiger partial charge is 0.413 e. The minimum absolute atomic E-state index is 0.238. The number of rotatable bonds is 4. The first-order valence-corrected chi connectivity index (χ1v) is 11.5. The van der Waals surface area contributed by atoms with Crippen molar-refractivity contribution in [2.75, 3.05) is 0 Å². The Labute approximate surface area is 150 Å². The Hall–Kier alpha value is -1.32. The fraction of sp³-hybridized carbons (Fsp3) is 0.429. The molecular formula is C21H29BOSi. The Morgan fingerprint density at radius 1 is 0.958 bits per heavy atom. The van der Waals surface area contributed by atoms with E-state index in [2.05, 4.69) is 72.0 Å². The monoisotopic (exact) mass is 336 g/mol. The molecule has 24 heavy (non-hydrogen) atoms. The zero-order valence-electron chi connectivity index (χ0n) is 16.2. The Kier molecular flexibility index (Phi) is 5.46. The zero-order valence-corrected chi connectivity index (χ0v) is 17.2. The predicted octanol–water partition coefficient (Wildman–Crippen LogP) is 5.29. The minimum atomic E-state index is -1.72. The molecule has 0 saturated heterocycles. The summed E-state index contributed by atoms with van der Waals surface area (Å²) in [6, 6.07) is 12.7. The van der Waals surface area contributed by atoms with Crippen LogP contribution in [0.1, 0.15) is 37.5 Å². The third kappa shape index (κ3) is 4.20. The van der Waals surface area contributed by atoms with E-state index < -0.39 is 8.32 Å². The molecule has 0 spiro atoms. The van der Waals surface area contributed by atoms with Crippen molar-refractivity contribution >= 4 is 21.6 Å². The van der Waals surface area contributed by atoms with E-state index in [0.717, 1.165) is 5.46 Å². The maximum absolute atomic E-state index is 6.37. The van der Waals surface area contributed by atoms with Crippen LogP contribution < -0.4 is 5.46 Å². The first-order chi connectivity index (χ1) is 11.0. The maximum atomic E-state index is 6.37. The van der Waals surface area contributed by atoms with Crippen LogP contribution in [0.3, 0.4) is 0 Å². The SMILES string of the molecule is [B]c1ccc(-c2ccc(CO[Si](C)(C)C(C)(C)C)c(C)c2)c(C)c1. The molecule has 0 saturated carbocycles. The van der Waals surface area contributed by atoms with Gasteiger partial charge in [0, 0.05) is 0 Å². The lowest BCUT2D eigenvalue weighted by Crippen LogP contribution is -2.40. The number of hydrogen-bond acceptors (Lipinski definition) is 1. The molecule has 0 unspecified atom stereocenters. The highest BCUT2D eigenvalue weighted by atomic mass is 28.4. The van der Waals surface area contributed by atoms with E-state index in [0.29, 0.717) is 6.61 Å². The smallest absolute Gasteiger partial charge is 0.192 e. The lowest BCUT2D eigenvalue weighted by molar-refractivity contribution is 0.275. The van der Waals surface area contributed by atoms with Gasteiger partial charge in [0.05, 0.1) is 6.61 Å².